The van der Waals surface area contributed by atoms with Gasteiger partial charge in [-0.15, -0.1) is 12.4 Å². The number of benzene rings is 2. The number of nitrogens with two attached hydrogens (primary N) is 1. The summed E-state index contributed by atoms with van der Waals surface area (Å²) in [7, 11) is 0. The first-order chi connectivity index (χ1) is 7.79. The van der Waals surface area contributed by atoms with Crippen LogP contribution in [0.15, 0.2) is 42.5 Å². The summed E-state index contributed by atoms with van der Waals surface area (Å²) in [5.74, 6) is 0.756. The van der Waals surface area contributed by atoms with Crippen molar-refractivity contribution < 1.29 is 15.3 Å². The molecule has 2 aromatic carbocycles. The van der Waals surface area contributed by atoms with Crippen LogP contribution in [0, 0.1) is 0 Å². The number of halogens is 1. The van der Waals surface area contributed by atoms with E-state index in [2.05, 4.69) is 0 Å². The first-order valence-corrected chi connectivity index (χ1v) is 5.29. The summed E-state index contributed by atoms with van der Waals surface area (Å²) in [5.41, 5.74) is 5.30. The van der Waals surface area contributed by atoms with E-state index in [4.69, 9.17) is 10.5 Å². The Kier molecular flexibility index (Phi) is 7.31. The molecule has 0 amide bonds. The molecule has 0 spiro atoms. The van der Waals surface area contributed by atoms with E-state index in [9.17, 15) is 5.11 Å². The van der Waals surface area contributed by atoms with E-state index in [0.717, 1.165) is 11.1 Å². The number of ether oxygens (including phenoxy) is 1. The van der Waals surface area contributed by atoms with Gasteiger partial charge in [0.25, 0.3) is 0 Å². The average molecular weight is 272 g/mol. The van der Waals surface area contributed by atoms with Crippen molar-refractivity contribution in [3.05, 3.63) is 42.5 Å². The van der Waals surface area contributed by atoms with Crippen molar-refractivity contribution in [2.75, 3.05) is 13.2 Å². The molecule has 0 aromatic heterocycles. The molecule has 1 atom stereocenters. The SMILES string of the molecule is Cl.NCC(O)COc1ccc2ccccc2c1.O. The van der Waals surface area contributed by atoms with Crippen molar-refractivity contribution in [1.82, 2.24) is 0 Å². The van der Waals surface area contributed by atoms with Crippen LogP contribution in [0.2, 0.25) is 0 Å². The van der Waals surface area contributed by atoms with Gasteiger partial charge in [-0.1, -0.05) is 30.3 Å². The molecule has 5 N–H and O–H groups in total. The van der Waals surface area contributed by atoms with Gasteiger partial charge in [0.2, 0.25) is 0 Å². The summed E-state index contributed by atoms with van der Waals surface area (Å²) in [6, 6.07) is 13.9. The second-order valence-electron chi connectivity index (χ2n) is 3.71. The van der Waals surface area contributed by atoms with Crippen LogP contribution in [0.1, 0.15) is 0 Å². The average Bonchev–Trinajstić information content (AvgIpc) is 2.35. The maximum Gasteiger partial charge on any atom is 0.120 e. The van der Waals surface area contributed by atoms with Crippen molar-refractivity contribution in [3.8, 4) is 5.75 Å². The van der Waals surface area contributed by atoms with Crippen LogP contribution in [0.4, 0.5) is 0 Å². The van der Waals surface area contributed by atoms with Crippen LogP contribution in [0.25, 0.3) is 10.8 Å². The highest BCUT2D eigenvalue weighted by Crippen LogP contribution is 2.20. The zero-order valence-electron chi connectivity index (χ0n) is 9.87. The molecule has 1 unspecified atom stereocenters. The summed E-state index contributed by atoms with van der Waals surface area (Å²) in [5, 5.41) is 11.6. The van der Waals surface area contributed by atoms with Gasteiger partial charge in [0.1, 0.15) is 18.5 Å². The summed E-state index contributed by atoms with van der Waals surface area (Å²) in [6.45, 7) is 0.447. The molecular formula is C13H18ClNO3. The minimum absolute atomic E-state index is 0. The minimum atomic E-state index is -0.605. The molecule has 4 nitrogen and oxygen atoms in total. The Balaban J connectivity index is 0.00000144. The monoisotopic (exact) mass is 271 g/mol. The molecule has 0 aliphatic heterocycles. The van der Waals surface area contributed by atoms with Crippen molar-refractivity contribution >= 4 is 23.2 Å². The van der Waals surface area contributed by atoms with E-state index in [1.165, 1.54) is 5.39 Å². The molecule has 0 saturated heterocycles. The van der Waals surface area contributed by atoms with Gasteiger partial charge in [-0.3, -0.25) is 0 Å². The van der Waals surface area contributed by atoms with Gasteiger partial charge in [0.15, 0.2) is 0 Å². The fourth-order valence-corrected chi connectivity index (χ4v) is 1.52. The van der Waals surface area contributed by atoms with Crippen LogP contribution in [0.3, 0.4) is 0 Å². The molecule has 0 saturated carbocycles. The van der Waals surface area contributed by atoms with Gasteiger partial charge >= 0.3 is 0 Å². The van der Waals surface area contributed by atoms with Gasteiger partial charge in [-0.2, -0.15) is 0 Å². The van der Waals surface area contributed by atoms with E-state index in [1.807, 2.05) is 42.5 Å². The van der Waals surface area contributed by atoms with Crippen molar-refractivity contribution in [2.24, 2.45) is 5.73 Å². The fraction of sp³-hybridized carbons (Fsp3) is 0.231. The van der Waals surface area contributed by atoms with Gasteiger partial charge < -0.3 is 21.1 Å². The van der Waals surface area contributed by atoms with E-state index in [-0.39, 0.29) is 31.0 Å². The summed E-state index contributed by atoms with van der Waals surface area (Å²) in [6.07, 6.45) is -0.605. The summed E-state index contributed by atoms with van der Waals surface area (Å²) >= 11 is 0. The summed E-state index contributed by atoms with van der Waals surface area (Å²) < 4.78 is 5.44. The number of aliphatic hydroxyl groups is 1. The van der Waals surface area contributed by atoms with Crippen molar-refractivity contribution in [1.29, 1.82) is 0 Å². The Hall–Kier alpha value is -1.33. The molecule has 18 heavy (non-hydrogen) atoms. The molecule has 100 valence electrons. The van der Waals surface area contributed by atoms with E-state index < -0.39 is 6.10 Å². The van der Waals surface area contributed by atoms with E-state index >= 15 is 0 Å². The van der Waals surface area contributed by atoms with Gasteiger partial charge in [-0.25, -0.2) is 0 Å². The molecule has 0 aliphatic carbocycles. The third-order valence-corrected chi connectivity index (χ3v) is 2.44. The largest absolute Gasteiger partial charge is 0.491 e. The van der Waals surface area contributed by atoms with Crippen molar-refractivity contribution in [3.63, 3.8) is 0 Å². The number of hydrogen-bond donors (Lipinski definition) is 2. The highest BCUT2D eigenvalue weighted by molar-refractivity contribution is 5.85. The second-order valence-corrected chi connectivity index (χ2v) is 3.71. The predicted molar refractivity (Wildman–Crippen MR) is 75.4 cm³/mol. The topological polar surface area (TPSA) is 87.0 Å². The van der Waals surface area contributed by atoms with Gasteiger partial charge in [0, 0.05) is 6.54 Å². The molecular weight excluding hydrogens is 254 g/mol. The number of aliphatic hydroxyl groups excluding tert-OH is 1. The Morgan fingerprint density at radius 1 is 1.11 bits per heavy atom. The Labute approximate surface area is 112 Å². The third kappa shape index (κ3) is 4.16. The first-order valence-electron chi connectivity index (χ1n) is 5.29. The number of hydrogen-bond acceptors (Lipinski definition) is 3. The van der Waals surface area contributed by atoms with Crippen LogP contribution in [-0.4, -0.2) is 29.8 Å². The lowest BCUT2D eigenvalue weighted by Gasteiger charge is -2.10. The van der Waals surface area contributed by atoms with E-state index in [1.54, 1.807) is 0 Å². The quantitative estimate of drug-likeness (QED) is 0.874. The summed E-state index contributed by atoms with van der Waals surface area (Å²) in [4.78, 5) is 0. The number of fused-ring (bicyclic) bond motifs is 1. The molecule has 0 bridgehead atoms. The van der Waals surface area contributed by atoms with Gasteiger partial charge in [0.05, 0.1) is 0 Å². The van der Waals surface area contributed by atoms with E-state index in [0.29, 0.717) is 0 Å². The maximum absolute atomic E-state index is 9.28. The lowest BCUT2D eigenvalue weighted by atomic mass is 10.1. The molecule has 5 heteroatoms. The normalized spacial score (nSPS) is 11.2. The lowest BCUT2D eigenvalue weighted by molar-refractivity contribution is 0.114. The van der Waals surface area contributed by atoms with Crippen LogP contribution in [-0.2, 0) is 0 Å². The smallest absolute Gasteiger partial charge is 0.120 e. The Bertz CT molecular complexity index is 478. The van der Waals surface area contributed by atoms with Gasteiger partial charge in [-0.05, 0) is 22.9 Å². The fourth-order valence-electron chi connectivity index (χ4n) is 1.52. The molecule has 2 rings (SSSR count). The first kappa shape index (κ1) is 16.7. The van der Waals surface area contributed by atoms with Crippen LogP contribution in [0.5, 0.6) is 5.75 Å². The zero-order chi connectivity index (χ0) is 11.4. The predicted octanol–water partition coefficient (Wildman–Crippen LogP) is 1.14. The second kappa shape index (κ2) is 7.89. The maximum atomic E-state index is 9.28. The molecule has 2 aromatic rings. The van der Waals surface area contributed by atoms with Crippen LogP contribution >= 0.6 is 12.4 Å². The standard InChI is InChI=1S/C13H15NO2.ClH.H2O/c14-8-12(15)9-16-13-6-5-10-3-1-2-4-11(10)7-13;;/h1-7,12,15H,8-9,14H2;1H;1H2. The number of rotatable bonds is 4. The minimum Gasteiger partial charge on any atom is -0.491 e. The molecule has 0 aliphatic rings. The highest BCUT2D eigenvalue weighted by atomic mass is 35.5. The Morgan fingerprint density at radius 2 is 1.78 bits per heavy atom. The lowest BCUT2D eigenvalue weighted by Crippen LogP contribution is -2.26. The molecule has 0 fully saturated rings. The van der Waals surface area contributed by atoms with Crippen molar-refractivity contribution in [2.45, 2.75) is 6.10 Å². The third-order valence-electron chi connectivity index (χ3n) is 2.44. The van der Waals surface area contributed by atoms with Crippen LogP contribution < -0.4 is 10.5 Å². The Morgan fingerprint density at radius 3 is 2.44 bits per heavy atom. The molecule has 0 radical (unpaired) electrons. The highest BCUT2D eigenvalue weighted by Gasteiger charge is 2.02. The zero-order valence-corrected chi connectivity index (χ0v) is 10.7. The molecule has 0 heterocycles.